The van der Waals surface area contributed by atoms with Gasteiger partial charge < -0.3 is 10.6 Å². The van der Waals surface area contributed by atoms with Gasteiger partial charge in [0.15, 0.2) is 0 Å². The van der Waals surface area contributed by atoms with E-state index >= 15 is 0 Å². The highest BCUT2D eigenvalue weighted by molar-refractivity contribution is 8.00. The molecule has 1 heterocycles. The third kappa shape index (κ3) is 3.50. The van der Waals surface area contributed by atoms with E-state index in [0.29, 0.717) is 6.54 Å². The molecule has 2 N–H and O–H groups in total. The third-order valence-electron chi connectivity index (χ3n) is 3.54. The van der Waals surface area contributed by atoms with Crippen molar-refractivity contribution in [2.45, 2.75) is 31.4 Å². The predicted octanol–water partition coefficient (Wildman–Crippen LogP) is 2.76. The topological polar surface area (TPSA) is 93.0 Å². The maximum Gasteiger partial charge on any atom is 0.353 e. The highest BCUT2D eigenvalue weighted by atomic mass is 32.2. The Hall–Kier alpha value is -1.57. The zero-order valence-electron chi connectivity index (χ0n) is 12.3. The Kier molecular flexibility index (Phi) is 6.00. The lowest BCUT2D eigenvalue weighted by Crippen LogP contribution is -2.32. The van der Waals surface area contributed by atoms with Crippen molar-refractivity contribution in [2.75, 3.05) is 30.5 Å². The fourth-order valence-corrected chi connectivity index (χ4v) is 2.76. The Morgan fingerprint density at radius 2 is 1.95 bits per heavy atom. The van der Waals surface area contributed by atoms with Crippen molar-refractivity contribution in [3.8, 4) is 0 Å². The van der Waals surface area contributed by atoms with Crippen LogP contribution in [0.3, 0.4) is 0 Å². The number of hydrogen-bond acceptors (Lipinski definition) is 7. The highest BCUT2D eigenvalue weighted by Crippen LogP contribution is 2.33. The number of rotatable bonds is 8. The van der Waals surface area contributed by atoms with Gasteiger partial charge in [0.25, 0.3) is 0 Å². The Morgan fingerprint density at radius 1 is 1.35 bits per heavy atom. The maximum atomic E-state index is 11.2. The normalized spacial score (nSPS) is 11.2. The first-order valence-electron chi connectivity index (χ1n) is 6.49. The number of nitrogens with zero attached hydrogens (tertiary/aromatic N) is 3. The summed E-state index contributed by atoms with van der Waals surface area (Å²) >= 11 is 1.77. The lowest BCUT2D eigenvalue weighted by atomic mass is 10.0. The summed E-state index contributed by atoms with van der Waals surface area (Å²) in [5, 5.41) is 17.0. The number of thioether (sulfide) groups is 1. The molecule has 112 valence electrons. The monoisotopic (exact) mass is 299 g/mol. The van der Waals surface area contributed by atoms with E-state index < -0.39 is 4.92 Å². The van der Waals surface area contributed by atoms with E-state index in [1.54, 1.807) is 18.8 Å². The summed E-state index contributed by atoms with van der Waals surface area (Å²) in [6, 6.07) is 0. The molecule has 0 saturated carbocycles. The van der Waals surface area contributed by atoms with Crippen LogP contribution in [0.25, 0.3) is 0 Å². The van der Waals surface area contributed by atoms with Gasteiger partial charge >= 0.3 is 5.69 Å². The number of aromatic nitrogens is 2. The molecule has 0 aliphatic carbocycles. The predicted molar refractivity (Wildman–Crippen MR) is 83.6 cm³/mol. The molecule has 0 aromatic carbocycles. The summed E-state index contributed by atoms with van der Waals surface area (Å²) in [6.07, 6.45) is 5.34. The van der Waals surface area contributed by atoms with Crippen LogP contribution < -0.4 is 10.6 Å². The van der Waals surface area contributed by atoms with E-state index in [1.807, 2.05) is 0 Å². The summed E-state index contributed by atoms with van der Waals surface area (Å²) in [7, 11) is 1.60. The van der Waals surface area contributed by atoms with E-state index in [0.717, 1.165) is 12.8 Å². The lowest BCUT2D eigenvalue weighted by molar-refractivity contribution is -0.383. The average Bonchev–Trinajstić information content (AvgIpc) is 2.48. The van der Waals surface area contributed by atoms with Crippen LogP contribution in [-0.4, -0.2) is 39.5 Å². The second-order valence-corrected chi connectivity index (χ2v) is 5.65. The van der Waals surface area contributed by atoms with E-state index in [2.05, 4.69) is 40.7 Å². The molecule has 1 aromatic rings. The molecule has 0 aliphatic rings. The smallest absolute Gasteiger partial charge is 0.353 e. The van der Waals surface area contributed by atoms with Crippen molar-refractivity contribution < 1.29 is 4.92 Å². The van der Waals surface area contributed by atoms with Gasteiger partial charge in [-0.1, -0.05) is 13.8 Å². The Balaban J connectivity index is 3.01. The largest absolute Gasteiger partial charge is 0.367 e. The Labute approximate surface area is 123 Å². The number of nitro groups is 1. The van der Waals surface area contributed by atoms with Crippen molar-refractivity contribution in [1.29, 1.82) is 0 Å². The molecule has 0 amide bonds. The van der Waals surface area contributed by atoms with Gasteiger partial charge in [-0.05, 0) is 19.1 Å². The molecule has 0 bridgehead atoms. The average molecular weight is 299 g/mol. The number of hydrogen-bond donors (Lipinski definition) is 2. The maximum absolute atomic E-state index is 11.2. The molecular weight excluding hydrogens is 278 g/mol. The fourth-order valence-electron chi connectivity index (χ4n) is 1.97. The summed E-state index contributed by atoms with van der Waals surface area (Å²) in [5.74, 6) is 0.477. The third-order valence-corrected chi connectivity index (χ3v) is 5.13. The van der Waals surface area contributed by atoms with Crippen LogP contribution >= 0.6 is 11.8 Å². The summed E-state index contributed by atoms with van der Waals surface area (Å²) in [4.78, 5) is 18.6. The SMILES string of the molecule is CCC(CC)(CNc1ncnc(NC)c1[N+](=O)[O-])SC. The second kappa shape index (κ2) is 7.28. The molecule has 0 spiro atoms. The summed E-state index contributed by atoms with van der Waals surface area (Å²) < 4.78 is 0.0542. The molecule has 1 aromatic heterocycles. The van der Waals surface area contributed by atoms with Crippen LogP contribution in [0.2, 0.25) is 0 Å². The van der Waals surface area contributed by atoms with E-state index in [4.69, 9.17) is 0 Å². The first-order chi connectivity index (χ1) is 9.53. The minimum Gasteiger partial charge on any atom is -0.367 e. The van der Waals surface area contributed by atoms with Gasteiger partial charge in [0.1, 0.15) is 6.33 Å². The van der Waals surface area contributed by atoms with E-state index in [1.165, 1.54) is 6.33 Å². The van der Waals surface area contributed by atoms with Crippen molar-refractivity contribution in [3.05, 3.63) is 16.4 Å². The quantitative estimate of drug-likeness (QED) is 0.563. The van der Waals surface area contributed by atoms with E-state index in [-0.39, 0.29) is 22.1 Å². The molecule has 7 nitrogen and oxygen atoms in total. The second-order valence-electron chi connectivity index (χ2n) is 4.37. The molecule has 20 heavy (non-hydrogen) atoms. The van der Waals surface area contributed by atoms with Gasteiger partial charge in [0.05, 0.1) is 4.92 Å². The van der Waals surface area contributed by atoms with Crippen molar-refractivity contribution in [1.82, 2.24) is 9.97 Å². The van der Waals surface area contributed by atoms with Crippen LogP contribution in [0.1, 0.15) is 26.7 Å². The molecular formula is C12H21N5O2S. The van der Waals surface area contributed by atoms with E-state index in [9.17, 15) is 10.1 Å². The van der Waals surface area contributed by atoms with Crippen LogP contribution in [0.5, 0.6) is 0 Å². The van der Waals surface area contributed by atoms with Gasteiger partial charge in [-0.25, -0.2) is 9.97 Å². The zero-order chi connectivity index (χ0) is 15.2. The molecule has 0 atom stereocenters. The van der Waals surface area contributed by atoms with Crippen molar-refractivity contribution in [3.63, 3.8) is 0 Å². The molecule has 0 fully saturated rings. The molecule has 0 radical (unpaired) electrons. The van der Waals surface area contributed by atoms with Crippen molar-refractivity contribution in [2.24, 2.45) is 0 Å². The number of nitrogens with one attached hydrogen (secondary N) is 2. The minimum atomic E-state index is -0.465. The molecule has 8 heteroatoms. The van der Waals surface area contributed by atoms with Gasteiger partial charge in [0.2, 0.25) is 11.6 Å². The minimum absolute atomic E-state index is 0.0542. The Morgan fingerprint density at radius 3 is 2.40 bits per heavy atom. The molecule has 0 aliphatic heterocycles. The molecule has 1 rings (SSSR count). The first-order valence-corrected chi connectivity index (χ1v) is 7.72. The van der Waals surface area contributed by atoms with Crippen LogP contribution in [0.15, 0.2) is 6.33 Å². The summed E-state index contributed by atoms with van der Waals surface area (Å²) in [6.45, 7) is 4.87. The lowest BCUT2D eigenvalue weighted by Gasteiger charge is -2.29. The molecule has 0 unspecified atom stereocenters. The van der Waals surface area contributed by atoms with Crippen molar-refractivity contribution >= 4 is 29.1 Å². The van der Waals surface area contributed by atoms with Crippen LogP contribution in [-0.2, 0) is 0 Å². The van der Waals surface area contributed by atoms with Crippen LogP contribution in [0, 0.1) is 10.1 Å². The van der Waals surface area contributed by atoms with Gasteiger partial charge in [-0.15, -0.1) is 0 Å². The summed E-state index contributed by atoms with van der Waals surface area (Å²) in [5.41, 5.74) is -0.114. The van der Waals surface area contributed by atoms with Gasteiger partial charge in [-0.2, -0.15) is 11.8 Å². The molecule has 0 saturated heterocycles. The fraction of sp³-hybridized carbons (Fsp3) is 0.667. The number of anilines is 2. The Bertz CT molecular complexity index is 457. The standard InChI is InChI=1S/C12H21N5O2S/c1-5-12(6-2,20-4)7-14-11-9(17(18)19)10(13-3)15-8-16-11/h8H,5-7H2,1-4H3,(H2,13,14,15,16). The van der Waals surface area contributed by atoms with Gasteiger partial charge in [0, 0.05) is 18.3 Å². The van der Waals surface area contributed by atoms with Crippen LogP contribution in [0.4, 0.5) is 17.3 Å². The highest BCUT2D eigenvalue weighted by Gasteiger charge is 2.28. The first kappa shape index (κ1) is 16.5. The van der Waals surface area contributed by atoms with Gasteiger partial charge in [-0.3, -0.25) is 10.1 Å². The zero-order valence-corrected chi connectivity index (χ0v) is 13.1.